The lowest BCUT2D eigenvalue weighted by molar-refractivity contribution is -0.139. The first-order valence-electron chi connectivity index (χ1n) is 10.4. The molecule has 0 spiro atoms. The highest BCUT2D eigenvalue weighted by Crippen LogP contribution is 2.29. The first-order valence-corrected chi connectivity index (χ1v) is 10.8. The van der Waals surface area contributed by atoms with Gasteiger partial charge in [0.25, 0.3) is 5.91 Å². The standard InChI is InChI=1S/C22H27ClN4O2/c1-15(2)20-19(14-24-27(20)18-8-6-17(23)7-9-18)22(29)26-12-10-25(11-13-26)21(28)16-4-3-5-16/h6-9,14-16H,3-5,10-13H2,1-2H3. The van der Waals surface area contributed by atoms with Gasteiger partial charge in [-0.05, 0) is 43.0 Å². The zero-order valence-electron chi connectivity index (χ0n) is 17.0. The highest BCUT2D eigenvalue weighted by molar-refractivity contribution is 6.30. The van der Waals surface area contributed by atoms with Crippen molar-refractivity contribution in [3.8, 4) is 5.69 Å². The van der Waals surface area contributed by atoms with E-state index in [0.717, 1.165) is 30.6 Å². The number of hydrogen-bond acceptors (Lipinski definition) is 3. The Labute approximate surface area is 176 Å². The third kappa shape index (κ3) is 3.90. The lowest BCUT2D eigenvalue weighted by atomic mass is 9.84. The molecule has 2 fully saturated rings. The molecule has 0 radical (unpaired) electrons. The van der Waals surface area contributed by atoms with Crippen molar-refractivity contribution in [3.05, 3.63) is 46.7 Å². The Morgan fingerprint density at radius 1 is 1.03 bits per heavy atom. The quantitative estimate of drug-likeness (QED) is 0.765. The maximum atomic E-state index is 13.2. The van der Waals surface area contributed by atoms with Crippen LogP contribution in [0.4, 0.5) is 0 Å². The van der Waals surface area contributed by atoms with Gasteiger partial charge >= 0.3 is 0 Å². The van der Waals surface area contributed by atoms with Crippen LogP contribution in [0.1, 0.15) is 55.1 Å². The second-order valence-corrected chi connectivity index (χ2v) is 8.67. The molecule has 6 nitrogen and oxygen atoms in total. The van der Waals surface area contributed by atoms with Crippen molar-refractivity contribution in [1.82, 2.24) is 19.6 Å². The summed E-state index contributed by atoms with van der Waals surface area (Å²) in [6.07, 6.45) is 4.85. The number of amides is 2. The summed E-state index contributed by atoms with van der Waals surface area (Å²) in [4.78, 5) is 29.5. The van der Waals surface area contributed by atoms with Crippen LogP contribution in [0.5, 0.6) is 0 Å². The molecular formula is C22H27ClN4O2. The number of carbonyl (C=O) groups is 2. The molecule has 1 saturated heterocycles. The van der Waals surface area contributed by atoms with Crippen LogP contribution in [-0.2, 0) is 4.79 Å². The van der Waals surface area contributed by atoms with Crippen molar-refractivity contribution in [1.29, 1.82) is 0 Å². The fourth-order valence-electron chi connectivity index (χ4n) is 4.08. The van der Waals surface area contributed by atoms with E-state index in [9.17, 15) is 9.59 Å². The third-order valence-electron chi connectivity index (χ3n) is 5.99. The fraction of sp³-hybridized carbons (Fsp3) is 0.500. The van der Waals surface area contributed by atoms with Gasteiger partial charge in [0.05, 0.1) is 23.1 Å². The van der Waals surface area contributed by atoms with Crippen molar-refractivity contribution in [2.75, 3.05) is 26.2 Å². The van der Waals surface area contributed by atoms with Gasteiger partial charge in [-0.2, -0.15) is 5.10 Å². The second-order valence-electron chi connectivity index (χ2n) is 8.23. The molecule has 1 saturated carbocycles. The highest BCUT2D eigenvalue weighted by Gasteiger charge is 2.33. The summed E-state index contributed by atoms with van der Waals surface area (Å²) >= 11 is 6.01. The lowest BCUT2D eigenvalue weighted by Crippen LogP contribution is -2.52. The molecule has 29 heavy (non-hydrogen) atoms. The Morgan fingerprint density at radius 3 is 2.21 bits per heavy atom. The van der Waals surface area contributed by atoms with Crippen LogP contribution >= 0.6 is 11.6 Å². The molecule has 7 heteroatoms. The number of carbonyl (C=O) groups excluding carboxylic acids is 2. The van der Waals surface area contributed by atoms with E-state index in [4.69, 9.17) is 11.6 Å². The predicted octanol–water partition coefficient (Wildman–Crippen LogP) is 3.73. The number of aromatic nitrogens is 2. The van der Waals surface area contributed by atoms with Gasteiger partial charge in [0.1, 0.15) is 0 Å². The van der Waals surface area contributed by atoms with E-state index >= 15 is 0 Å². The molecule has 2 aromatic rings. The first kappa shape index (κ1) is 20.0. The van der Waals surface area contributed by atoms with E-state index in [1.165, 1.54) is 0 Å². The average molecular weight is 415 g/mol. The smallest absolute Gasteiger partial charge is 0.257 e. The minimum absolute atomic E-state index is 0.00958. The van der Waals surface area contributed by atoms with Crippen molar-refractivity contribution in [3.63, 3.8) is 0 Å². The van der Waals surface area contributed by atoms with E-state index in [-0.39, 0.29) is 23.7 Å². The summed E-state index contributed by atoms with van der Waals surface area (Å²) in [5, 5.41) is 5.16. The summed E-state index contributed by atoms with van der Waals surface area (Å²) in [6.45, 7) is 6.50. The van der Waals surface area contributed by atoms with Crippen LogP contribution in [-0.4, -0.2) is 57.6 Å². The second kappa shape index (κ2) is 8.19. The monoisotopic (exact) mass is 414 g/mol. The van der Waals surface area contributed by atoms with Crippen LogP contribution < -0.4 is 0 Å². The number of piperazine rings is 1. The molecule has 4 rings (SSSR count). The highest BCUT2D eigenvalue weighted by atomic mass is 35.5. The fourth-order valence-corrected chi connectivity index (χ4v) is 4.21. The maximum Gasteiger partial charge on any atom is 0.257 e. The molecule has 1 aliphatic heterocycles. The molecule has 1 aromatic heterocycles. The van der Waals surface area contributed by atoms with E-state index < -0.39 is 0 Å². The minimum atomic E-state index is -0.00958. The van der Waals surface area contributed by atoms with E-state index in [0.29, 0.717) is 36.8 Å². The Balaban J connectivity index is 1.50. The molecule has 0 atom stereocenters. The van der Waals surface area contributed by atoms with Gasteiger partial charge < -0.3 is 9.80 Å². The molecule has 154 valence electrons. The van der Waals surface area contributed by atoms with Gasteiger partial charge in [-0.25, -0.2) is 4.68 Å². The number of rotatable bonds is 4. The first-order chi connectivity index (χ1) is 14.0. The Morgan fingerprint density at radius 2 is 1.66 bits per heavy atom. The zero-order chi connectivity index (χ0) is 20.5. The van der Waals surface area contributed by atoms with Crippen LogP contribution in [0.2, 0.25) is 5.02 Å². The summed E-state index contributed by atoms with van der Waals surface area (Å²) in [7, 11) is 0. The Bertz CT molecular complexity index is 894. The molecule has 0 unspecified atom stereocenters. The van der Waals surface area contributed by atoms with E-state index in [2.05, 4.69) is 18.9 Å². The number of halogens is 1. The summed E-state index contributed by atoms with van der Waals surface area (Å²) in [5.74, 6) is 0.599. The van der Waals surface area contributed by atoms with Crippen molar-refractivity contribution < 1.29 is 9.59 Å². The molecular weight excluding hydrogens is 388 g/mol. The average Bonchev–Trinajstić information content (AvgIpc) is 3.12. The topological polar surface area (TPSA) is 58.4 Å². The van der Waals surface area contributed by atoms with Crippen molar-refractivity contribution in [2.24, 2.45) is 5.92 Å². The predicted molar refractivity (Wildman–Crippen MR) is 112 cm³/mol. The van der Waals surface area contributed by atoms with Gasteiger partial charge in [0.15, 0.2) is 0 Å². The molecule has 2 amide bonds. The number of nitrogens with zero attached hydrogens (tertiary/aromatic N) is 4. The normalized spacial score (nSPS) is 17.5. The minimum Gasteiger partial charge on any atom is -0.339 e. The SMILES string of the molecule is CC(C)c1c(C(=O)N2CCN(C(=O)C3CCC3)CC2)cnn1-c1ccc(Cl)cc1. The van der Waals surface area contributed by atoms with Gasteiger partial charge in [-0.3, -0.25) is 9.59 Å². The maximum absolute atomic E-state index is 13.2. The van der Waals surface area contributed by atoms with Gasteiger partial charge in [-0.1, -0.05) is 31.9 Å². The van der Waals surface area contributed by atoms with E-state index in [1.54, 1.807) is 6.20 Å². The zero-order valence-corrected chi connectivity index (χ0v) is 17.7. The number of hydrogen-bond donors (Lipinski definition) is 0. The molecule has 0 N–H and O–H groups in total. The summed E-state index contributed by atoms with van der Waals surface area (Å²) in [5.41, 5.74) is 2.41. The van der Waals surface area contributed by atoms with E-state index in [1.807, 2.05) is 38.7 Å². The Hall–Kier alpha value is -2.34. The van der Waals surface area contributed by atoms with Gasteiger partial charge in [0, 0.05) is 37.1 Å². The molecule has 2 aliphatic rings. The lowest BCUT2D eigenvalue weighted by Gasteiger charge is -2.38. The van der Waals surface area contributed by atoms with Crippen LogP contribution in [0.25, 0.3) is 5.69 Å². The summed E-state index contributed by atoms with van der Waals surface area (Å²) < 4.78 is 1.82. The molecule has 2 heterocycles. The van der Waals surface area contributed by atoms with Gasteiger partial charge in [-0.15, -0.1) is 0 Å². The Kier molecular flexibility index (Phi) is 5.63. The third-order valence-corrected chi connectivity index (χ3v) is 6.24. The summed E-state index contributed by atoms with van der Waals surface area (Å²) in [6, 6.07) is 7.45. The number of benzene rings is 1. The van der Waals surface area contributed by atoms with Crippen LogP contribution in [0, 0.1) is 5.92 Å². The van der Waals surface area contributed by atoms with Crippen molar-refractivity contribution in [2.45, 2.75) is 39.0 Å². The molecule has 0 bridgehead atoms. The van der Waals surface area contributed by atoms with Crippen molar-refractivity contribution >= 4 is 23.4 Å². The molecule has 1 aromatic carbocycles. The van der Waals surface area contributed by atoms with Crippen LogP contribution in [0.15, 0.2) is 30.5 Å². The largest absolute Gasteiger partial charge is 0.339 e. The molecule has 1 aliphatic carbocycles. The van der Waals surface area contributed by atoms with Gasteiger partial charge in [0.2, 0.25) is 5.91 Å². The van der Waals surface area contributed by atoms with Crippen LogP contribution in [0.3, 0.4) is 0 Å².